The third-order valence-electron chi connectivity index (χ3n) is 5.29. The molecule has 0 aliphatic carbocycles. The molecule has 1 N–H and O–H groups in total. The molecule has 0 spiro atoms. The molecule has 5 rings (SSSR count). The van der Waals surface area contributed by atoms with Crippen molar-refractivity contribution >= 4 is 16.7 Å². The van der Waals surface area contributed by atoms with Crippen LogP contribution in [-0.4, -0.2) is 14.8 Å². The molecule has 0 bridgehead atoms. The SMILES string of the molecule is Cc1ccc([C@@H]2C[C@H](c3cccc4ccccc34)n3ncnc3N2)cc1. The van der Waals surface area contributed by atoms with Gasteiger partial charge in [0.05, 0.1) is 12.1 Å². The molecule has 0 radical (unpaired) electrons. The lowest BCUT2D eigenvalue weighted by Gasteiger charge is -2.32. The number of benzene rings is 3. The van der Waals surface area contributed by atoms with Crippen molar-refractivity contribution in [2.45, 2.75) is 25.4 Å². The summed E-state index contributed by atoms with van der Waals surface area (Å²) in [6.07, 6.45) is 2.57. The molecule has 4 aromatic rings. The van der Waals surface area contributed by atoms with Gasteiger partial charge in [0.2, 0.25) is 5.95 Å². The van der Waals surface area contributed by atoms with Crippen LogP contribution in [-0.2, 0) is 0 Å². The zero-order valence-corrected chi connectivity index (χ0v) is 14.6. The predicted molar refractivity (Wildman–Crippen MR) is 104 cm³/mol. The maximum Gasteiger partial charge on any atom is 0.222 e. The van der Waals surface area contributed by atoms with E-state index in [2.05, 4.69) is 89.1 Å². The summed E-state index contributed by atoms with van der Waals surface area (Å²) in [6, 6.07) is 24.2. The van der Waals surface area contributed by atoms with Crippen LogP contribution >= 0.6 is 0 Å². The van der Waals surface area contributed by atoms with Crippen molar-refractivity contribution in [2.75, 3.05) is 5.32 Å². The van der Waals surface area contributed by atoms with Gasteiger partial charge in [-0.1, -0.05) is 72.3 Å². The molecular formula is C22H20N4. The van der Waals surface area contributed by atoms with E-state index in [4.69, 9.17) is 0 Å². The minimum Gasteiger partial charge on any atom is -0.348 e. The number of anilines is 1. The van der Waals surface area contributed by atoms with Gasteiger partial charge in [-0.25, -0.2) is 4.68 Å². The normalized spacial score (nSPS) is 19.1. The largest absolute Gasteiger partial charge is 0.348 e. The fourth-order valence-corrected chi connectivity index (χ4v) is 3.94. The van der Waals surface area contributed by atoms with Crippen LogP contribution in [0.1, 0.15) is 35.2 Å². The first kappa shape index (κ1) is 15.1. The van der Waals surface area contributed by atoms with Crippen LogP contribution in [0.4, 0.5) is 5.95 Å². The van der Waals surface area contributed by atoms with Gasteiger partial charge in [0, 0.05) is 0 Å². The topological polar surface area (TPSA) is 42.7 Å². The Morgan fingerprint density at radius 1 is 0.962 bits per heavy atom. The van der Waals surface area contributed by atoms with E-state index >= 15 is 0 Å². The molecule has 0 fully saturated rings. The summed E-state index contributed by atoms with van der Waals surface area (Å²) < 4.78 is 2.02. The molecule has 0 saturated heterocycles. The van der Waals surface area contributed by atoms with Crippen LogP contribution in [0.25, 0.3) is 10.8 Å². The quantitative estimate of drug-likeness (QED) is 0.565. The molecule has 3 aromatic carbocycles. The molecule has 1 aromatic heterocycles. The smallest absolute Gasteiger partial charge is 0.222 e. The van der Waals surface area contributed by atoms with Crippen molar-refractivity contribution in [3.05, 3.63) is 89.7 Å². The van der Waals surface area contributed by atoms with Crippen LogP contribution in [0.15, 0.2) is 73.1 Å². The Morgan fingerprint density at radius 2 is 1.77 bits per heavy atom. The molecule has 2 atom stereocenters. The van der Waals surface area contributed by atoms with Crippen LogP contribution in [0, 0.1) is 6.92 Å². The minimum absolute atomic E-state index is 0.158. The Hall–Kier alpha value is -3.14. The molecule has 2 heterocycles. The average molecular weight is 340 g/mol. The number of rotatable bonds is 2. The Balaban J connectivity index is 1.62. The number of hydrogen-bond acceptors (Lipinski definition) is 3. The van der Waals surface area contributed by atoms with E-state index in [0.717, 1.165) is 12.4 Å². The van der Waals surface area contributed by atoms with Crippen LogP contribution in [0.2, 0.25) is 0 Å². The lowest BCUT2D eigenvalue weighted by molar-refractivity contribution is 0.433. The van der Waals surface area contributed by atoms with Gasteiger partial charge in [-0.15, -0.1) is 0 Å². The van der Waals surface area contributed by atoms with Gasteiger partial charge in [-0.05, 0) is 35.2 Å². The number of aryl methyl sites for hydroxylation is 1. The Bertz CT molecular complexity index is 1060. The van der Waals surface area contributed by atoms with Crippen LogP contribution < -0.4 is 5.32 Å². The third kappa shape index (κ3) is 2.46. The van der Waals surface area contributed by atoms with Gasteiger partial charge in [0.25, 0.3) is 0 Å². The molecule has 128 valence electrons. The van der Waals surface area contributed by atoms with E-state index in [1.54, 1.807) is 6.33 Å². The summed E-state index contributed by atoms with van der Waals surface area (Å²) in [7, 11) is 0. The van der Waals surface area contributed by atoms with Crippen LogP contribution in [0.3, 0.4) is 0 Å². The molecule has 4 nitrogen and oxygen atoms in total. The van der Waals surface area contributed by atoms with Gasteiger partial charge in [-0.3, -0.25) is 0 Å². The van der Waals surface area contributed by atoms with Gasteiger partial charge in [-0.2, -0.15) is 10.1 Å². The summed E-state index contributed by atoms with van der Waals surface area (Å²) in [5.74, 6) is 0.833. The molecule has 0 unspecified atom stereocenters. The molecule has 0 saturated carbocycles. The Labute approximate surface area is 152 Å². The van der Waals surface area contributed by atoms with E-state index in [1.165, 1.54) is 27.5 Å². The lowest BCUT2D eigenvalue weighted by atomic mass is 9.90. The average Bonchev–Trinajstić information content (AvgIpc) is 3.16. The summed E-state index contributed by atoms with van der Waals surface area (Å²) in [5.41, 5.74) is 3.86. The molecular weight excluding hydrogens is 320 g/mol. The van der Waals surface area contributed by atoms with Gasteiger partial charge >= 0.3 is 0 Å². The highest BCUT2D eigenvalue weighted by atomic mass is 15.4. The fraction of sp³-hybridized carbons (Fsp3) is 0.182. The van der Waals surface area contributed by atoms with Crippen molar-refractivity contribution in [1.82, 2.24) is 14.8 Å². The first-order valence-electron chi connectivity index (χ1n) is 9.00. The standard InChI is InChI=1S/C22H20N4/c1-15-9-11-17(12-10-15)20-13-21(26-22(25-20)23-14-24-26)19-8-4-6-16-5-2-3-7-18(16)19/h2-12,14,20-21H,13H2,1H3,(H,23,24,25)/t20-,21+/m0/s1. The summed E-state index contributed by atoms with van der Waals surface area (Å²) in [6.45, 7) is 2.12. The second kappa shape index (κ2) is 5.99. The second-order valence-corrected chi connectivity index (χ2v) is 6.96. The van der Waals surface area contributed by atoms with E-state index in [9.17, 15) is 0 Å². The number of nitrogens with one attached hydrogen (secondary N) is 1. The Kier molecular flexibility index (Phi) is 3.49. The highest BCUT2D eigenvalue weighted by Crippen LogP contribution is 2.39. The number of nitrogens with zero attached hydrogens (tertiary/aromatic N) is 3. The van der Waals surface area contributed by atoms with Crippen LogP contribution in [0.5, 0.6) is 0 Å². The predicted octanol–water partition coefficient (Wildman–Crippen LogP) is 4.89. The van der Waals surface area contributed by atoms with E-state index in [0.29, 0.717) is 0 Å². The van der Waals surface area contributed by atoms with Crippen molar-refractivity contribution in [3.8, 4) is 0 Å². The molecule has 4 heteroatoms. The summed E-state index contributed by atoms with van der Waals surface area (Å²) in [5, 5.41) is 10.6. The fourth-order valence-electron chi connectivity index (χ4n) is 3.94. The minimum atomic E-state index is 0.158. The van der Waals surface area contributed by atoms with Crippen molar-refractivity contribution in [3.63, 3.8) is 0 Å². The zero-order chi connectivity index (χ0) is 17.5. The van der Waals surface area contributed by atoms with Crippen molar-refractivity contribution in [2.24, 2.45) is 0 Å². The van der Waals surface area contributed by atoms with E-state index < -0.39 is 0 Å². The van der Waals surface area contributed by atoms with E-state index in [-0.39, 0.29) is 12.1 Å². The molecule has 0 amide bonds. The zero-order valence-electron chi connectivity index (χ0n) is 14.6. The lowest BCUT2D eigenvalue weighted by Crippen LogP contribution is -2.28. The van der Waals surface area contributed by atoms with Gasteiger partial charge < -0.3 is 5.32 Å². The second-order valence-electron chi connectivity index (χ2n) is 6.96. The highest BCUT2D eigenvalue weighted by Gasteiger charge is 2.30. The van der Waals surface area contributed by atoms with Crippen molar-refractivity contribution < 1.29 is 0 Å². The number of fused-ring (bicyclic) bond motifs is 2. The first-order valence-corrected chi connectivity index (χ1v) is 9.00. The molecule has 1 aliphatic heterocycles. The number of aromatic nitrogens is 3. The molecule has 1 aliphatic rings. The third-order valence-corrected chi connectivity index (χ3v) is 5.29. The number of hydrogen-bond donors (Lipinski definition) is 1. The summed E-state index contributed by atoms with van der Waals surface area (Å²) >= 11 is 0. The highest BCUT2D eigenvalue weighted by molar-refractivity contribution is 5.86. The summed E-state index contributed by atoms with van der Waals surface area (Å²) in [4.78, 5) is 4.45. The monoisotopic (exact) mass is 340 g/mol. The Morgan fingerprint density at radius 3 is 2.65 bits per heavy atom. The first-order chi connectivity index (χ1) is 12.8. The molecule has 26 heavy (non-hydrogen) atoms. The van der Waals surface area contributed by atoms with Crippen molar-refractivity contribution in [1.29, 1.82) is 0 Å². The van der Waals surface area contributed by atoms with Gasteiger partial charge in [0.15, 0.2) is 0 Å². The maximum absolute atomic E-state index is 4.51. The van der Waals surface area contributed by atoms with E-state index in [1.807, 2.05) is 4.68 Å². The van der Waals surface area contributed by atoms with Gasteiger partial charge in [0.1, 0.15) is 6.33 Å². The maximum atomic E-state index is 4.51.